The van der Waals surface area contributed by atoms with Crippen molar-refractivity contribution >= 4 is 34.8 Å². The molecule has 0 saturated carbocycles. The van der Waals surface area contributed by atoms with E-state index in [1.165, 1.54) is 24.3 Å². The molecule has 146 valence electrons. The highest BCUT2D eigenvalue weighted by atomic mass is 35.5. The van der Waals surface area contributed by atoms with Crippen LogP contribution in [0, 0.1) is 15.9 Å². The highest BCUT2D eigenvalue weighted by molar-refractivity contribution is 6.31. The first-order chi connectivity index (χ1) is 13.3. The first-order valence-corrected chi connectivity index (χ1v) is 9.14. The molecule has 4 rings (SSSR count). The van der Waals surface area contributed by atoms with Crippen molar-refractivity contribution in [1.82, 2.24) is 5.32 Å². The number of hydrogen-bond acceptors (Lipinski definition) is 5. The smallest absolute Gasteiger partial charge is 0.250 e. The summed E-state index contributed by atoms with van der Waals surface area (Å²) in [5, 5.41) is 27.4. The number of rotatable bonds is 3. The number of halogens is 3. The van der Waals surface area contributed by atoms with E-state index in [-0.39, 0.29) is 10.6 Å². The molecule has 0 aromatic heterocycles. The van der Waals surface area contributed by atoms with Gasteiger partial charge in [0.1, 0.15) is 17.4 Å². The molecule has 4 atom stereocenters. The average Bonchev–Trinajstić information content (AvgIpc) is 3.13. The highest BCUT2D eigenvalue weighted by Crippen LogP contribution is 2.53. The van der Waals surface area contributed by atoms with E-state index < -0.39 is 46.8 Å². The minimum Gasteiger partial charge on any atom is -0.394 e. The van der Waals surface area contributed by atoms with Crippen LogP contribution in [0.3, 0.4) is 0 Å². The summed E-state index contributed by atoms with van der Waals surface area (Å²) < 4.78 is 14.9. The number of benzene rings is 2. The van der Waals surface area contributed by atoms with Gasteiger partial charge in [-0.25, -0.2) is 4.39 Å². The molecule has 1 spiro atoms. The molecule has 0 aliphatic carbocycles. The normalized spacial score (nSPS) is 28.4. The summed E-state index contributed by atoms with van der Waals surface area (Å²) in [6.45, 7) is -0.609. The first kappa shape index (κ1) is 19.1. The van der Waals surface area contributed by atoms with Crippen LogP contribution in [0.2, 0.25) is 10.0 Å². The Morgan fingerprint density at radius 2 is 2.04 bits per heavy atom. The number of aliphatic hydroxyl groups is 1. The monoisotopic (exact) mass is 425 g/mol. The van der Waals surface area contributed by atoms with E-state index in [2.05, 4.69) is 10.6 Å². The Morgan fingerprint density at radius 1 is 1.29 bits per heavy atom. The molecule has 0 bridgehead atoms. The molecular formula is C18H14Cl2FN3O4. The zero-order chi connectivity index (χ0) is 20.2. The largest absolute Gasteiger partial charge is 0.394 e. The predicted octanol–water partition coefficient (Wildman–Crippen LogP) is 2.67. The van der Waals surface area contributed by atoms with Crippen LogP contribution in [0.1, 0.15) is 17.0 Å². The summed E-state index contributed by atoms with van der Waals surface area (Å²) in [5.41, 5.74) is -0.959. The number of aliphatic hydroxyl groups excluding tert-OH is 1. The molecule has 2 aromatic rings. The number of nitrogens with one attached hydrogen (secondary N) is 2. The summed E-state index contributed by atoms with van der Waals surface area (Å²) in [4.78, 5) is 24.4. The number of nitro groups is 1. The summed E-state index contributed by atoms with van der Waals surface area (Å²) in [7, 11) is 0. The van der Waals surface area contributed by atoms with Gasteiger partial charge in [0.2, 0.25) is 11.9 Å². The van der Waals surface area contributed by atoms with E-state index >= 15 is 0 Å². The fourth-order valence-electron chi connectivity index (χ4n) is 4.32. The lowest BCUT2D eigenvalue weighted by Gasteiger charge is -2.30. The molecule has 2 heterocycles. The Kier molecular flexibility index (Phi) is 4.54. The van der Waals surface area contributed by atoms with Crippen molar-refractivity contribution in [3.05, 3.63) is 73.5 Å². The SMILES string of the molecule is O=C1Nc2cc(Cl)ccc2[C@]12N[C@@H](CO)C([N+](=O)[O-])[C@@H]2c1cccc(Cl)c1F. The maximum absolute atomic E-state index is 14.9. The van der Waals surface area contributed by atoms with Crippen LogP contribution >= 0.6 is 23.2 Å². The number of carbonyl (C=O) groups is 1. The van der Waals surface area contributed by atoms with E-state index in [0.717, 1.165) is 0 Å². The van der Waals surface area contributed by atoms with Gasteiger partial charge < -0.3 is 10.4 Å². The van der Waals surface area contributed by atoms with Crippen molar-refractivity contribution in [1.29, 1.82) is 0 Å². The van der Waals surface area contributed by atoms with Gasteiger partial charge in [-0.2, -0.15) is 0 Å². The third kappa shape index (κ3) is 2.52. The molecule has 7 nitrogen and oxygen atoms in total. The van der Waals surface area contributed by atoms with Crippen LogP contribution in [0.4, 0.5) is 10.1 Å². The van der Waals surface area contributed by atoms with Crippen LogP contribution in [-0.2, 0) is 10.3 Å². The van der Waals surface area contributed by atoms with Crippen molar-refractivity contribution in [3.8, 4) is 0 Å². The van der Waals surface area contributed by atoms with Crippen LogP contribution in [0.5, 0.6) is 0 Å². The molecule has 3 N–H and O–H groups in total. The van der Waals surface area contributed by atoms with Gasteiger partial charge in [0, 0.05) is 26.8 Å². The molecule has 2 aromatic carbocycles. The Labute approximate surface area is 168 Å². The molecule has 1 amide bonds. The second kappa shape index (κ2) is 6.66. The Hall–Kier alpha value is -2.26. The second-order valence-electron chi connectivity index (χ2n) is 6.78. The van der Waals surface area contributed by atoms with Gasteiger partial charge in [-0.05, 0) is 18.2 Å². The van der Waals surface area contributed by atoms with Crippen molar-refractivity contribution in [2.75, 3.05) is 11.9 Å². The third-order valence-electron chi connectivity index (χ3n) is 5.40. The summed E-state index contributed by atoms with van der Waals surface area (Å²) >= 11 is 11.9. The van der Waals surface area contributed by atoms with Gasteiger partial charge >= 0.3 is 0 Å². The van der Waals surface area contributed by atoms with E-state index in [0.29, 0.717) is 16.3 Å². The Balaban J connectivity index is 2.02. The van der Waals surface area contributed by atoms with Crippen LogP contribution in [-0.4, -0.2) is 34.6 Å². The second-order valence-corrected chi connectivity index (χ2v) is 7.63. The first-order valence-electron chi connectivity index (χ1n) is 8.38. The number of amides is 1. The maximum atomic E-state index is 14.9. The minimum atomic E-state index is -1.66. The fourth-order valence-corrected chi connectivity index (χ4v) is 4.67. The van der Waals surface area contributed by atoms with Crippen LogP contribution < -0.4 is 10.6 Å². The number of fused-ring (bicyclic) bond motifs is 2. The van der Waals surface area contributed by atoms with Crippen LogP contribution in [0.25, 0.3) is 0 Å². The van der Waals surface area contributed by atoms with Gasteiger partial charge in [-0.1, -0.05) is 41.4 Å². The van der Waals surface area contributed by atoms with E-state index in [4.69, 9.17) is 23.2 Å². The molecule has 10 heteroatoms. The zero-order valence-corrected chi connectivity index (χ0v) is 15.7. The topological polar surface area (TPSA) is 104 Å². The van der Waals surface area contributed by atoms with Gasteiger partial charge in [0.15, 0.2) is 0 Å². The van der Waals surface area contributed by atoms with Gasteiger partial charge in [0.25, 0.3) is 0 Å². The lowest BCUT2D eigenvalue weighted by molar-refractivity contribution is -0.527. The number of hydrogen-bond donors (Lipinski definition) is 3. The molecule has 1 saturated heterocycles. The van der Waals surface area contributed by atoms with E-state index in [1.807, 2.05) is 0 Å². The van der Waals surface area contributed by atoms with E-state index in [1.54, 1.807) is 12.1 Å². The maximum Gasteiger partial charge on any atom is 0.250 e. The van der Waals surface area contributed by atoms with Crippen molar-refractivity contribution in [2.45, 2.75) is 23.5 Å². The minimum absolute atomic E-state index is 0.0735. The average molecular weight is 426 g/mol. The summed E-state index contributed by atoms with van der Waals surface area (Å²) in [6.07, 6.45) is 0. The Morgan fingerprint density at radius 3 is 2.71 bits per heavy atom. The lowest BCUT2D eigenvalue weighted by Crippen LogP contribution is -2.49. The number of carbonyl (C=O) groups excluding carboxylic acids is 1. The number of anilines is 1. The molecule has 1 unspecified atom stereocenters. The molecule has 2 aliphatic rings. The molecular weight excluding hydrogens is 412 g/mol. The summed E-state index contributed by atoms with van der Waals surface area (Å²) in [5.74, 6) is -2.67. The van der Waals surface area contributed by atoms with Crippen molar-refractivity contribution in [3.63, 3.8) is 0 Å². The quantitative estimate of drug-likeness (QED) is 0.517. The predicted molar refractivity (Wildman–Crippen MR) is 101 cm³/mol. The lowest BCUT2D eigenvalue weighted by atomic mass is 9.74. The van der Waals surface area contributed by atoms with Gasteiger partial charge in [-0.15, -0.1) is 0 Å². The molecule has 0 radical (unpaired) electrons. The van der Waals surface area contributed by atoms with Crippen molar-refractivity contribution in [2.24, 2.45) is 0 Å². The molecule has 1 fully saturated rings. The molecule has 2 aliphatic heterocycles. The number of nitrogens with zero attached hydrogens (tertiary/aromatic N) is 1. The third-order valence-corrected chi connectivity index (χ3v) is 5.93. The van der Waals surface area contributed by atoms with Crippen molar-refractivity contribution < 1.29 is 19.2 Å². The fraction of sp³-hybridized carbons (Fsp3) is 0.278. The Bertz CT molecular complexity index is 1000. The summed E-state index contributed by atoms with van der Waals surface area (Å²) in [6, 6.07) is 6.24. The highest BCUT2D eigenvalue weighted by Gasteiger charge is 2.67. The molecule has 28 heavy (non-hydrogen) atoms. The van der Waals surface area contributed by atoms with Crippen LogP contribution in [0.15, 0.2) is 36.4 Å². The standard InChI is InChI=1S/C18H14Cl2FN3O4/c19-8-4-5-10-12(6-8)22-17(26)18(10)14(9-2-1-3-11(20)15(9)21)16(24(27)28)13(7-25)23-18/h1-6,13-14,16,23,25H,7H2,(H,22,26)/t13-,14-,16?,18+/m0/s1. The zero-order valence-electron chi connectivity index (χ0n) is 14.2. The van der Waals surface area contributed by atoms with Gasteiger partial charge in [-0.3, -0.25) is 20.2 Å². The van der Waals surface area contributed by atoms with E-state index in [9.17, 15) is 24.4 Å². The van der Waals surface area contributed by atoms with Gasteiger partial charge in [0.05, 0.1) is 17.5 Å².